The Morgan fingerprint density at radius 2 is 1.57 bits per heavy atom. The van der Waals surface area contributed by atoms with Gasteiger partial charge in [-0.25, -0.2) is 9.78 Å². The van der Waals surface area contributed by atoms with Gasteiger partial charge in [0.15, 0.2) is 5.16 Å². The number of methoxy groups -OCH3 is 1. The Bertz CT molecular complexity index is 761. The molecule has 1 heterocycles. The van der Waals surface area contributed by atoms with Crippen LogP contribution in [-0.2, 0) is 4.74 Å². The number of thiol groups is 1. The van der Waals surface area contributed by atoms with Gasteiger partial charge < -0.3 is 9.30 Å². The van der Waals surface area contributed by atoms with E-state index >= 15 is 0 Å². The molecule has 5 heteroatoms. The van der Waals surface area contributed by atoms with Gasteiger partial charge in [0, 0.05) is 0 Å². The molecule has 0 radical (unpaired) electrons. The summed E-state index contributed by atoms with van der Waals surface area (Å²) in [5.74, 6) is -0.435. The van der Waals surface area contributed by atoms with Crippen molar-refractivity contribution in [1.29, 1.82) is 0 Å². The largest absolute Gasteiger partial charge is 0.464 e. The number of imidazole rings is 1. The number of ether oxygens (including phenoxy) is 1. The van der Waals surface area contributed by atoms with E-state index in [0.29, 0.717) is 10.9 Å². The minimum absolute atomic E-state index is 0.207. The van der Waals surface area contributed by atoms with E-state index in [0.717, 1.165) is 11.1 Å². The van der Waals surface area contributed by atoms with Gasteiger partial charge in [-0.05, 0) is 11.1 Å². The predicted octanol–water partition coefficient (Wildman–Crippen LogP) is 3.60. The van der Waals surface area contributed by atoms with E-state index in [9.17, 15) is 4.79 Å². The van der Waals surface area contributed by atoms with Crippen LogP contribution in [0.15, 0.2) is 72.0 Å². The summed E-state index contributed by atoms with van der Waals surface area (Å²) in [6, 6.07) is 19.7. The molecule has 3 rings (SSSR count). The maximum absolute atomic E-state index is 12.1. The fraction of sp³-hybridized carbons (Fsp3) is 0.111. The molecule has 0 unspecified atom stereocenters. The van der Waals surface area contributed by atoms with Crippen molar-refractivity contribution < 1.29 is 9.53 Å². The Hall–Kier alpha value is -2.53. The molecule has 23 heavy (non-hydrogen) atoms. The van der Waals surface area contributed by atoms with E-state index in [2.05, 4.69) is 17.6 Å². The summed E-state index contributed by atoms with van der Waals surface area (Å²) in [6.45, 7) is 0. The molecule has 116 valence electrons. The smallest absolute Gasteiger partial charge is 0.356 e. The van der Waals surface area contributed by atoms with Crippen LogP contribution in [-0.4, -0.2) is 22.6 Å². The first kappa shape index (κ1) is 15.4. The lowest BCUT2D eigenvalue weighted by molar-refractivity contribution is 0.0586. The molecule has 0 saturated heterocycles. The molecule has 3 aromatic rings. The first-order valence-electron chi connectivity index (χ1n) is 7.16. The zero-order chi connectivity index (χ0) is 16.2. The number of carbonyl (C=O) groups is 1. The topological polar surface area (TPSA) is 44.1 Å². The van der Waals surface area contributed by atoms with Crippen molar-refractivity contribution in [2.75, 3.05) is 7.11 Å². The van der Waals surface area contributed by atoms with E-state index in [-0.39, 0.29) is 6.04 Å². The van der Waals surface area contributed by atoms with Crippen molar-refractivity contribution in [3.63, 3.8) is 0 Å². The van der Waals surface area contributed by atoms with Gasteiger partial charge in [-0.3, -0.25) is 0 Å². The molecule has 2 aromatic carbocycles. The monoisotopic (exact) mass is 324 g/mol. The number of carbonyl (C=O) groups excluding carboxylic acids is 1. The lowest BCUT2D eigenvalue weighted by Gasteiger charge is -2.22. The van der Waals surface area contributed by atoms with Gasteiger partial charge in [-0.2, -0.15) is 0 Å². The Kier molecular flexibility index (Phi) is 4.48. The predicted molar refractivity (Wildman–Crippen MR) is 90.9 cm³/mol. The molecule has 4 nitrogen and oxygen atoms in total. The first-order chi connectivity index (χ1) is 11.2. The van der Waals surface area contributed by atoms with Gasteiger partial charge >= 0.3 is 5.97 Å². The zero-order valence-corrected chi connectivity index (χ0v) is 13.5. The van der Waals surface area contributed by atoms with Crippen LogP contribution in [0.3, 0.4) is 0 Å². The van der Waals surface area contributed by atoms with Crippen molar-refractivity contribution in [2.45, 2.75) is 11.2 Å². The summed E-state index contributed by atoms with van der Waals surface area (Å²) in [4.78, 5) is 16.3. The van der Waals surface area contributed by atoms with Gasteiger partial charge in [0.1, 0.15) is 5.69 Å². The molecule has 0 amide bonds. The van der Waals surface area contributed by atoms with E-state index < -0.39 is 5.97 Å². The summed E-state index contributed by atoms with van der Waals surface area (Å²) in [7, 11) is 1.36. The number of esters is 1. The van der Waals surface area contributed by atoms with E-state index in [4.69, 9.17) is 4.74 Å². The summed E-state index contributed by atoms with van der Waals surface area (Å²) >= 11 is 4.44. The van der Waals surface area contributed by atoms with Crippen LogP contribution in [0.2, 0.25) is 0 Å². The lowest BCUT2D eigenvalue weighted by Crippen LogP contribution is -2.19. The van der Waals surface area contributed by atoms with Crippen molar-refractivity contribution in [1.82, 2.24) is 9.55 Å². The molecule has 0 aliphatic rings. The summed E-state index contributed by atoms with van der Waals surface area (Å²) in [5, 5.41) is 0.461. The second kappa shape index (κ2) is 6.71. The van der Waals surface area contributed by atoms with E-state index in [1.165, 1.54) is 13.3 Å². The average Bonchev–Trinajstić information content (AvgIpc) is 2.98. The Labute approximate surface area is 140 Å². The molecule has 0 fully saturated rings. The fourth-order valence-electron chi connectivity index (χ4n) is 2.62. The Morgan fingerprint density at radius 3 is 2.04 bits per heavy atom. The fourth-order valence-corrected chi connectivity index (χ4v) is 2.90. The van der Waals surface area contributed by atoms with Crippen LogP contribution in [0.4, 0.5) is 0 Å². The quantitative estimate of drug-likeness (QED) is 0.589. The second-order valence-electron chi connectivity index (χ2n) is 5.03. The number of hydrogen-bond acceptors (Lipinski definition) is 4. The van der Waals surface area contributed by atoms with Crippen molar-refractivity contribution in [3.8, 4) is 0 Å². The minimum atomic E-state index is -0.435. The summed E-state index contributed by atoms with van der Waals surface area (Å²) in [5.41, 5.74) is 2.45. The van der Waals surface area contributed by atoms with Crippen molar-refractivity contribution in [2.24, 2.45) is 0 Å². The average molecular weight is 324 g/mol. The Morgan fingerprint density at radius 1 is 1.04 bits per heavy atom. The van der Waals surface area contributed by atoms with Gasteiger partial charge in [0.25, 0.3) is 0 Å². The third-order valence-corrected chi connectivity index (χ3v) is 3.99. The van der Waals surface area contributed by atoms with Gasteiger partial charge in [-0.15, -0.1) is 12.6 Å². The lowest BCUT2D eigenvalue weighted by atomic mass is 9.98. The number of benzene rings is 2. The molecule has 0 atom stereocenters. The van der Waals surface area contributed by atoms with Crippen LogP contribution in [0, 0.1) is 0 Å². The highest BCUT2D eigenvalue weighted by molar-refractivity contribution is 7.80. The van der Waals surface area contributed by atoms with Crippen LogP contribution in [0.5, 0.6) is 0 Å². The van der Waals surface area contributed by atoms with Gasteiger partial charge in [0.05, 0.1) is 19.3 Å². The highest BCUT2D eigenvalue weighted by Crippen LogP contribution is 2.30. The highest BCUT2D eigenvalue weighted by Gasteiger charge is 2.24. The number of hydrogen-bond donors (Lipinski definition) is 1. The molecular formula is C18H16N2O2S. The van der Waals surface area contributed by atoms with Crippen molar-refractivity contribution in [3.05, 3.63) is 83.7 Å². The maximum atomic E-state index is 12.1. The molecule has 0 aliphatic heterocycles. The highest BCUT2D eigenvalue weighted by atomic mass is 32.1. The third-order valence-electron chi connectivity index (χ3n) is 3.66. The molecule has 0 saturated carbocycles. The number of aromatic nitrogens is 2. The van der Waals surface area contributed by atoms with Crippen LogP contribution >= 0.6 is 12.6 Å². The number of rotatable bonds is 4. The minimum Gasteiger partial charge on any atom is -0.464 e. The molecule has 0 spiro atoms. The SMILES string of the molecule is COC(=O)c1cnc(S)n1C(c1ccccc1)c1ccccc1. The molecule has 1 aromatic heterocycles. The van der Waals surface area contributed by atoms with Crippen LogP contribution in [0.25, 0.3) is 0 Å². The van der Waals surface area contributed by atoms with E-state index in [1.54, 1.807) is 4.57 Å². The Balaban J connectivity index is 2.22. The number of nitrogens with zero attached hydrogens (tertiary/aromatic N) is 2. The van der Waals surface area contributed by atoms with Gasteiger partial charge in [0.2, 0.25) is 0 Å². The summed E-state index contributed by atoms with van der Waals surface area (Å²) in [6.07, 6.45) is 1.49. The molecule has 0 bridgehead atoms. The van der Waals surface area contributed by atoms with Crippen LogP contribution < -0.4 is 0 Å². The van der Waals surface area contributed by atoms with Crippen LogP contribution in [0.1, 0.15) is 27.7 Å². The maximum Gasteiger partial charge on any atom is 0.356 e. The van der Waals surface area contributed by atoms with E-state index in [1.807, 2.05) is 60.7 Å². The first-order valence-corrected chi connectivity index (χ1v) is 7.61. The molecule has 0 N–H and O–H groups in total. The molecular weight excluding hydrogens is 308 g/mol. The molecule has 0 aliphatic carbocycles. The van der Waals surface area contributed by atoms with Crippen molar-refractivity contribution >= 4 is 18.6 Å². The normalized spacial score (nSPS) is 10.7. The third kappa shape index (κ3) is 3.00. The summed E-state index contributed by atoms with van der Waals surface area (Å²) < 4.78 is 6.67. The zero-order valence-electron chi connectivity index (χ0n) is 12.6. The second-order valence-corrected chi connectivity index (χ2v) is 5.43. The van der Waals surface area contributed by atoms with Gasteiger partial charge in [-0.1, -0.05) is 60.7 Å². The standard InChI is InChI=1S/C18H16N2O2S/c1-22-17(21)15-12-19-18(23)20(15)16(13-8-4-2-5-9-13)14-10-6-3-7-11-14/h2-12,16H,1H3,(H,19,23).